The highest BCUT2D eigenvalue weighted by Crippen LogP contribution is 2.58. The normalized spacial score (nSPS) is 12.9. The average molecular weight is 752 g/mol. The van der Waals surface area contributed by atoms with Gasteiger partial charge in [0.1, 0.15) is 11.2 Å². The largest absolute Gasteiger partial charge is 0.455 e. The molecule has 0 atom stereocenters. The molecular weight excluding hydrogens is 715 g/mol. The van der Waals surface area contributed by atoms with Gasteiger partial charge < -0.3 is 9.32 Å². The second kappa shape index (κ2) is 13.2. The maximum atomic E-state index is 6.73. The van der Waals surface area contributed by atoms with E-state index in [9.17, 15) is 0 Å². The fourth-order valence-electron chi connectivity index (χ4n) is 10.1. The minimum atomic E-state index is -0.531. The van der Waals surface area contributed by atoms with E-state index < -0.39 is 5.41 Å². The first-order chi connectivity index (χ1) is 29.3. The Balaban J connectivity index is 1.17. The second-order valence-electron chi connectivity index (χ2n) is 15.6. The van der Waals surface area contributed by atoms with Gasteiger partial charge in [-0.1, -0.05) is 188 Å². The van der Waals surface area contributed by atoms with Crippen LogP contribution in [0.5, 0.6) is 0 Å². The molecule has 11 aromatic rings. The molecule has 2 nitrogen and oxygen atoms in total. The molecule has 0 aliphatic heterocycles. The van der Waals surface area contributed by atoms with Crippen molar-refractivity contribution in [2.24, 2.45) is 0 Å². The molecule has 0 saturated carbocycles. The molecule has 0 radical (unpaired) electrons. The van der Waals surface area contributed by atoms with Gasteiger partial charge in [-0.15, -0.1) is 0 Å². The number of para-hydroxylation sites is 2. The number of hydrogen-bond acceptors (Lipinski definition) is 2. The first-order valence-electron chi connectivity index (χ1n) is 20.3. The number of furan rings is 1. The summed E-state index contributed by atoms with van der Waals surface area (Å²) in [6.07, 6.45) is 0. The van der Waals surface area contributed by atoms with Gasteiger partial charge in [-0.3, -0.25) is 0 Å². The van der Waals surface area contributed by atoms with Gasteiger partial charge in [0.25, 0.3) is 0 Å². The molecule has 1 heterocycles. The molecule has 10 aromatic carbocycles. The zero-order chi connectivity index (χ0) is 38.9. The summed E-state index contributed by atoms with van der Waals surface area (Å²) in [5, 5.41) is 6.89. The van der Waals surface area contributed by atoms with Crippen LogP contribution < -0.4 is 4.90 Å². The van der Waals surface area contributed by atoms with Crippen molar-refractivity contribution in [3.63, 3.8) is 0 Å². The number of nitrogens with zero attached hydrogens (tertiary/aromatic N) is 1. The van der Waals surface area contributed by atoms with Crippen LogP contribution in [0.4, 0.5) is 17.1 Å². The molecule has 0 fully saturated rings. The standard InChI is InChI=1S/C57H37NO/c1-3-20-40(21-4-1)57(41-22-5-2-6-23-41)50-29-12-9-25-44(50)45-36-34-42(37-51(45)57)58(52-31-16-18-38-17-7-8-24-43(38)52)53-30-13-10-26-46(53)48-28-15-19-39-33-35-49-47-27-11-14-32-54(47)59-56(49)55(39)48/h1-37H. The molecule has 1 aromatic heterocycles. The summed E-state index contributed by atoms with van der Waals surface area (Å²) in [6, 6.07) is 81.9. The Morgan fingerprint density at radius 2 is 0.949 bits per heavy atom. The zero-order valence-electron chi connectivity index (χ0n) is 32.2. The third-order valence-electron chi connectivity index (χ3n) is 12.5. The van der Waals surface area contributed by atoms with Gasteiger partial charge in [0.05, 0.1) is 16.8 Å². The molecule has 0 saturated heterocycles. The lowest BCUT2D eigenvalue weighted by Gasteiger charge is -2.35. The molecule has 12 rings (SSSR count). The highest BCUT2D eigenvalue weighted by Gasteiger charge is 2.46. The average Bonchev–Trinajstić information content (AvgIpc) is 3.84. The van der Waals surface area contributed by atoms with Gasteiger partial charge in [-0.25, -0.2) is 0 Å². The van der Waals surface area contributed by atoms with Crippen molar-refractivity contribution in [3.8, 4) is 22.3 Å². The third kappa shape index (κ3) is 4.93. The quantitative estimate of drug-likeness (QED) is 0.168. The number of rotatable bonds is 6. The van der Waals surface area contributed by atoms with Crippen molar-refractivity contribution in [2.75, 3.05) is 4.90 Å². The molecule has 0 amide bonds. The molecule has 1 aliphatic rings. The maximum absolute atomic E-state index is 6.73. The molecule has 2 heteroatoms. The second-order valence-corrected chi connectivity index (χ2v) is 15.6. The summed E-state index contributed by atoms with van der Waals surface area (Å²) in [4.78, 5) is 2.49. The lowest BCUT2D eigenvalue weighted by atomic mass is 9.67. The third-order valence-corrected chi connectivity index (χ3v) is 12.5. The minimum Gasteiger partial charge on any atom is -0.455 e. The van der Waals surface area contributed by atoms with E-state index in [4.69, 9.17) is 4.42 Å². The molecule has 59 heavy (non-hydrogen) atoms. The number of anilines is 3. The minimum absolute atomic E-state index is 0.531. The molecule has 276 valence electrons. The summed E-state index contributed by atoms with van der Waals surface area (Å²) in [5.41, 5.74) is 14.4. The first kappa shape index (κ1) is 33.5. The smallest absolute Gasteiger partial charge is 0.143 e. The molecule has 0 N–H and O–H groups in total. The van der Waals surface area contributed by atoms with Gasteiger partial charge in [0, 0.05) is 32.8 Å². The van der Waals surface area contributed by atoms with E-state index in [1.165, 1.54) is 44.2 Å². The van der Waals surface area contributed by atoms with Crippen molar-refractivity contribution in [2.45, 2.75) is 5.41 Å². The van der Waals surface area contributed by atoms with E-state index in [0.717, 1.165) is 60.9 Å². The fourth-order valence-corrected chi connectivity index (χ4v) is 10.1. The monoisotopic (exact) mass is 751 g/mol. The molecule has 0 bridgehead atoms. The topological polar surface area (TPSA) is 16.4 Å². The van der Waals surface area contributed by atoms with Gasteiger partial charge >= 0.3 is 0 Å². The summed E-state index contributed by atoms with van der Waals surface area (Å²) in [7, 11) is 0. The van der Waals surface area contributed by atoms with E-state index in [1.807, 2.05) is 6.07 Å². The number of hydrogen-bond donors (Lipinski definition) is 0. The van der Waals surface area contributed by atoms with Crippen molar-refractivity contribution < 1.29 is 4.42 Å². The van der Waals surface area contributed by atoms with Crippen LogP contribution in [0.15, 0.2) is 229 Å². The Morgan fingerprint density at radius 3 is 1.78 bits per heavy atom. The van der Waals surface area contributed by atoms with Crippen LogP contribution in [-0.4, -0.2) is 0 Å². The Kier molecular flexibility index (Phi) is 7.48. The summed E-state index contributed by atoms with van der Waals surface area (Å²) in [6.45, 7) is 0. The van der Waals surface area contributed by atoms with Crippen molar-refractivity contribution >= 4 is 60.5 Å². The first-order valence-corrected chi connectivity index (χ1v) is 20.3. The van der Waals surface area contributed by atoms with Crippen LogP contribution in [0.3, 0.4) is 0 Å². The van der Waals surface area contributed by atoms with Crippen LogP contribution >= 0.6 is 0 Å². The summed E-state index contributed by atoms with van der Waals surface area (Å²) in [5.74, 6) is 0. The number of benzene rings is 10. The Morgan fingerprint density at radius 1 is 0.356 bits per heavy atom. The molecule has 1 aliphatic carbocycles. The molecule has 0 spiro atoms. The lowest BCUT2D eigenvalue weighted by Crippen LogP contribution is -2.28. The molecular formula is C57H37NO. The lowest BCUT2D eigenvalue weighted by molar-refractivity contribution is 0.673. The van der Waals surface area contributed by atoms with Crippen molar-refractivity contribution in [1.82, 2.24) is 0 Å². The Hall–Kier alpha value is -7.68. The van der Waals surface area contributed by atoms with Crippen LogP contribution in [-0.2, 0) is 5.41 Å². The van der Waals surface area contributed by atoms with Crippen LogP contribution in [0, 0.1) is 0 Å². The Bertz CT molecular complexity index is 3350. The van der Waals surface area contributed by atoms with Crippen molar-refractivity contribution in [3.05, 3.63) is 247 Å². The van der Waals surface area contributed by atoms with E-state index >= 15 is 0 Å². The van der Waals surface area contributed by atoms with E-state index in [2.05, 4.69) is 223 Å². The van der Waals surface area contributed by atoms with Crippen LogP contribution in [0.1, 0.15) is 22.3 Å². The van der Waals surface area contributed by atoms with E-state index in [0.29, 0.717) is 0 Å². The Labute approximate surface area is 342 Å². The van der Waals surface area contributed by atoms with Gasteiger partial charge in [-0.2, -0.15) is 0 Å². The highest BCUT2D eigenvalue weighted by atomic mass is 16.3. The zero-order valence-corrected chi connectivity index (χ0v) is 32.2. The van der Waals surface area contributed by atoms with Gasteiger partial charge in [-0.05, 0) is 86.1 Å². The molecule has 0 unspecified atom stereocenters. The SMILES string of the molecule is c1ccc(C2(c3ccccc3)c3ccccc3-c3ccc(N(c4ccccc4-c4cccc5ccc6c7ccccc7oc6c45)c4cccc5ccccc45)cc32)cc1. The maximum Gasteiger partial charge on any atom is 0.143 e. The summed E-state index contributed by atoms with van der Waals surface area (Å²) < 4.78 is 6.73. The van der Waals surface area contributed by atoms with Gasteiger partial charge in [0.15, 0.2) is 0 Å². The predicted octanol–water partition coefficient (Wildman–Crippen LogP) is 15.4. The predicted molar refractivity (Wildman–Crippen MR) is 246 cm³/mol. The fraction of sp³-hybridized carbons (Fsp3) is 0.0175. The summed E-state index contributed by atoms with van der Waals surface area (Å²) >= 11 is 0. The van der Waals surface area contributed by atoms with Crippen LogP contribution in [0.2, 0.25) is 0 Å². The van der Waals surface area contributed by atoms with Crippen molar-refractivity contribution in [1.29, 1.82) is 0 Å². The van der Waals surface area contributed by atoms with Crippen LogP contribution in [0.25, 0.3) is 65.7 Å². The van der Waals surface area contributed by atoms with E-state index in [1.54, 1.807) is 0 Å². The van der Waals surface area contributed by atoms with E-state index in [-0.39, 0.29) is 0 Å². The highest BCUT2D eigenvalue weighted by molar-refractivity contribution is 6.19. The van der Waals surface area contributed by atoms with Gasteiger partial charge in [0.2, 0.25) is 0 Å². The number of fused-ring (bicyclic) bond motifs is 9.